The van der Waals surface area contributed by atoms with E-state index in [1.165, 1.54) is 5.56 Å². The van der Waals surface area contributed by atoms with Gasteiger partial charge >= 0.3 is 0 Å². The van der Waals surface area contributed by atoms with Crippen LogP contribution < -0.4 is 5.32 Å². The highest BCUT2D eigenvalue weighted by atomic mass is 15.1. The van der Waals surface area contributed by atoms with E-state index in [-0.39, 0.29) is 0 Å². The van der Waals surface area contributed by atoms with Crippen molar-refractivity contribution >= 4 is 0 Å². The van der Waals surface area contributed by atoms with Gasteiger partial charge in [-0.05, 0) is 39.1 Å². The van der Waals surface area contributed by atoms with Crippen molar-refractivity contribution in [1.82, 2.24) is 15.2 Å². The van der Waals surface area contributed by atoms with Crippen molar-refractivity contribution in [1.29, 1.82) is 0 Å². The smallest absolute Gasteiger partial charge is 0.0420 e. The van der Waals surface area contributed by atoms with Gasteiger partial charge in [0.05, 0.1) is 0 Å². The Labute approximate surface area is 98.9 Å². The quantitative estimate of drug-likeness (QED) is 0.742. The number of nitrogens with one attached hydrogen (secondary N) is 1. The van der Waals surface area contributed by atoms with E-state index in [0.29, 0.717) is 0 Å². The third-order valence-electron chi connectivity index (χ3n) is 2.86. The Morgan fingerprint density at radius 1 is 1.31 bits per heavy atom. The van der Waals surface area contributed by atoms with E-state index in [9.17, 15) is 0 Å². The predicted octanol–water partition coefficient (Wildman–Crippen LogP) is 1.74. The zero-order valence-corrected chi connectivity index (χ0v) is 10.9. The molecule has 0 atom stereocenters. The van der Waals surface area contributed by atoms with Gasteiger partial charge in [-0.3, -0.25) is 4.98 Å². The Hall–Kier alpha value is -0.930. The molecule has 0 aliphatic rings. The maximum absolute atomic E-state index is 4.45. The summed E-state index contributed by atoms with van der Waals surface area (Å²) in [5, 5.41) is 3.45. The highest BCUT2D eigenvalue weighted by molar-refractivity contribution is 5.21. The van der Waals surface area contributed by atoms with E-state index in [1.807, 2.05) is 6.92 Å². The molecule has 1 N–H and O–H groups in total. The minimum Gasteiger partial charge on any atom is -0.311 e. The van der Waals surface area contributed by atoms with Crippen LogP contribution in [0.2, 0.25) is 0 Å². The molecule has 1 rings (SSSR count). The average Bonchev–Trinajstić information content (AvgIpc) is 2.26. The van der Waals surface area contributed by atoms with Crippen LogP contribution in [0, 0.1) is 13.8 Å². The first-order valence-corrected chi connectivity index (χ1v) is 5.96. The molecule has 0 aromatic carbocycles. The average molecular weight is 221 g/mol. The predicted molar refractivity (Wildman–Crippen MR) is 68.6 cm³/mol. The Kier molecular flexibility index (Phi) is 5.43. The lowest BCUT2D eigenvalue weighted by Gasteiger charge is -2.14. The summed E-state index contributed by atoms with van der Waals surface area (Å²) in [7, 11) is 2.14. The van der Waals surface area contributed by atoms with E-state index in [2.05, 4.69) is 48.2 Å². The Balaban J connectivity index is 2.32. The molecule has 0 saturated heterocycles. The molecular weight excluding hydrogens is 198 g/mol. The lowest BCUT2D eigenvalue weighted by molar-refractivity contribution is 0.349. The molecule has 0 fully saturated rings. The van der Waals surface area contributed by atoms with E-state index in [4.69, 9.17) is 0 Å². The third-order valence-corrected chi connectivity index (χ3v) is 2.86. The van der Waals surface area contributed by atoms with E-state index in [0.717, 1.165) is 37.6 Å². The van der Waals surface area contributed by atoms with Crippen molar-refractivity contribution in [2.24, 2.45) is 0 Å². The molecule has 3 nitrogen and oxygen atoms in total. The van der Waals surface area contributed by atoms with Crippen molar-refractivity contribution < 1.29 is 0 Å². The summed E-state index contributed by atoms with van der Waals surface area (Å²) in [6.45, 7) is 10.4. The molecule has 90 valence electrons. The maximum atomic E-state index is 4.45. The van der Waals surface area contributed by atoms with Crippen LogP contribution in [0.5, 0.6) is 0 Å². The Bertz CT molecular complexity index is 323. The summed E-state index contributed by atoms with van der Waals surface area (Å²) in [6.07, 6.45) is 0. The number of aryl methyl sites for hydroxylation is 2. The highest BCUT2D eigenvalue weighted by Gasteiger charge is 1.99. The molecule has 3 heteroatoms. The molecule has 0 amide bonds. The molecule has 1 aromatic heterocycles. The van der Waals surface area contributed by atoms with Crippen LogP contribution in [0.3, 0.4) is 0 Å². The number of hydrogen-bond donors (Lipinski definition) is 1. The van der Waals surface area contributed by atoms with Gasteiger partial charge in [0.25, 0.3) is 0 Å². The van der Waals surface area contributed by atoms with Gasteiger partial charge in [0.15, 0.2) is 0 Å². The Morgan fingerprint density at radius 3 is 2.69 bits per heavy atom. The fraction of sp³-hybridized carbons (Fsp3) is 0.615. The molecule has 0 aliphatic heterocycles. The van der Waals surface area contributed by atoms with Gasteiger partial charge in [0, 0.05) is 31.0 Å². The fourth-order valence-electron chi connectivity index (χ4n) is 1.55. The van der Waals surface area contributed by atoms with Gasteiger partial charge in [-0.2, -0.15) is 0 Å². The first kappa shape index (κ1) is 13.1. The van der Waals surface area contributed by atoms with Gasteiger partial charge in [-0.15, -0.1) is 0 Å². The summed E-state index contributed by atoms with van der Waals surface area (Å²) in [5.41, 5.74) is 3.52. The number of nitrogens with zero attached hydrogens (tertiary/aromatic N) is 2. The SMILES string of the molecule is CCN(C)CCNCc1ccc(C)nc1C. The second-order valence-corrected chi connectivity index (χ2v) is 4.27. The summed E-state index contributed by atoms with van der Waals surface area (Å²) >= 11 is 0. The van der Waals surface area contributed by atoms with E-state index >= 15 is 0 Å². The number of likely N-dealkylation sites (N-methyl/N-ethyl adjacent to an activating group) is 1. The molecule has 0 aliphatic carbocycles. The third kappa shape index (κ3) is 4.29. The van der Waals surface area contributed by atoms with Gasteiger partial charge in [-0.25, -0.2) is 0 Å². The summed E-state index contributed by atoms with van der Waals surface area (Å²) in [4.78, 5) is 6.75. The number of pyridine rings is 1. The van der Waals surface area contributed by atoms with Crippen LogP contribution in [0.25, 0.3) is 0 Å². The first-order chi connectivity index (χ1) is 7.63. The monoisotopic (exact) mass is 221 g/mol. The summed E-state index contributed by atoms with van der Waals surface area (Å²) < 4.78 is 0. The minimum atomic E-state index is 0.913. The molecule has 1 aromatic rings. The van der Waals surface area contributed by atoms with Gasteiger partial charge in [-0.1, -0.05) is 13.0 Å². The van der Waals surface area contributed by atoms with Crippen molar-refractivity contribution in [3.8, 4) is 0 Å². The Morgan fingerprint density at radius 2 is 2.06 bits per heavy atom. The normalized spacial score (nSPS) is 11.1. The molecule has 0 unspecified atom stereocenters. The lowest BCUT2D eigenvalue weighted by atomic mass is 10.2. The van der Waals surface area contributed by atoms with Crippen LogP contribution in [-0.2, 0) is 6.54 Å². The summed E-state index contributed by atoms with van der Waals surface area (Å²) in [6, 6.07) is 4.23. The number of hydrogen-bond acceptors (Lipinski definition) is 3. The standard InChI is InChI=1S/C13H23N3/c1-5-16(4)9-8-14-10-13-7-6-11(2)15-12(13)3/h6-7,14H,5,8-10H2,1-4H3. The van der Waals surface area contributed by atoms with E-state index in [1.54, 1.807) is 0 Å². The van der Waals surface area contributed by atoms with Crippen molar-refractivity contribution in [2.45, 2.75) is 27.3 Å². The lowest BCUT2D eigenvalue weighted by Crippen LogP contribution is -2.29. The fourth-order valence-corrected chi connectivity index (χ4v) is 1.55. The zero-order valence-electron chi connectivity index (χ0n) is 10.9. The minimum absolute atomic E-state index is 0.913. The van der Waals surface area contributed by atoms with Crippen molar-refractivity contribution in [3.05, 3.63) is 29.1 Å². The molecule has 16 heavy (non-hydrogen) atoms. The van der Waals surface area contributed by atoms with E-state index < -0.39 is 0 Å². The largest absolute Gasteiger partial charge is 0.311 e. The number of aromatic nitrogens is 1. The van der Waals surface area contributed by atoms with Crippen LogP contribution in [0.4, 0.5) is 0 Å². The van der Waals surface area contributed by atoms with Crippen molar-refractivity contribution in [2.75, 3.05) is 26.7 Å². The molecule has 0 radical (unpaired) electrons. The topological polar surface area (TPSA) is 28.2 Å². The van der Waals surface area contributed by atoms with Crippen LogP contribution in [0.1, 0.15) is 23.9 Å². The molecule has 1 heterocycles. The second kappa shape index (κ2) is 6.61. The zero-order chi connectivity index (χ0) is 12.0. The second-order valence-electron chi connectivity index (χ2n) is 4.27. The molecular formula is C13H23N3. The number of rotatable bonds is 6. The van der Waals surface area contributed by atoms with Gasteiger partial charge < -0.3 is 10.2 Å². The van der Waals surface area contributed by atoms with Gasteiger partial charge in [0.1, 0.15) is 0 Å². The highest BCUT2D eigenvalue weighted by Crippen LogP contribution is 2.05. The molecule has 0 bridgehead atoms. The van der Waals surface area contributed by atoms with Crippen LogP contribution in [0.15, 0.2) is 12.1 Å². The maximum Gasteiger partial charge on any atom is 0.0420 e. The van der Waals surface area contributed by atoms with Crippen LogP contribution >= 0.6 is 0 Å². The molecule has 0 saturated carbocycles. The molecule has 0 spiro atoms. The van der Waals surface area contributed by atoms with Crippen LogP contribution in [-0.4, -0.2) is 36.6 Å². The van der Waals surface area contributed by atoms with Crippen molar-refractivity contribution in [3.63, 3.8) is 0 Å². The van der Waals surface area contributed by atoms with Gasteiger partial charge in [0.2, 0.25) is 0 Å². The summed E-state index contributed by atoms with van der Waals surface area (Å²) in [5.74, 6) is 0. The first-order valence-electron chi connectivity index (χ1n) is 5.96.